The predicted octanol–water partition coefficient (Wildman–Crippen LogP) is 5.48. The van der Waals surface area contributed by atoms with Crippen molar-refractivity contribution < 1.29 is 0 Å². The van der Waals surface area contributed by atoms with Gasteiger partial charge < -0.3 is 5.32 Å². The van der Waals surface area contributed by atoms with Crippen molar-refractivity contribution in [2.24, 2.45) is 11.3 Å². The summed E-state index contributed by atoms with van der Waals surface area (Å²) in [7, 11) is 0. The smallest absolute Gasteiger partial charge is 0.0333 e. The SMILES string of the molecule is CCNC(CC(C)CC(C)(C)C)c1cc(C)sc1C. The van der Waals surface area contributed by atoms with Gasteiger partial charge >= 0.3 is 0 Å². The molecule has 1 aromatic heterocycles. The van der Waals surface area contributed by atoms with Crippen LogP contribution < -0.4 is 5.32 Å². The molecule has 1 aromatic rings. The first-order chi connectivity index (χ1) is 8.73. The van der Waals surface area contributed by atoms with Gasteiger partial charge in [-0.2, -0.15) is 0 Å². The number of hydrogen-bond donors (Lipinski definition) is 1. The van der Waals surface area contributed by atoms with Crippen LogP contribution in [0, 0.1) is 25.2 Å². The van der Waals surface area contributed by atoms with E-state index in [4.69, 9.17) is 0 Å². The molecule has 0 radical (unpaired) electrons. The van der Waals surface area contributed by atoms with Gasteiger partial charge in [0.1, 0.15) is 0 Å². The van der Waals surface area contributed by atoms with E-state index >= 15 is 0 Å². The zero-order valence-corrected chi connectivity index (χ0v) is 14.6. The van der Waals surface area contributed by atoms with Gasteiger partial charge in [0, 0.05) is 15.8 Å². The summed E-state index contributed by atoms with van der Waals surface area (Å²) in [5, 5.41) is 3.68. The third kappa shape index (κ3) is 5.66. The Morgan fingerprint density at radius 2 is 1.89 bits per heavy atom. The Bertz CT molecular complexity index is 386. The van der Waals surface area contributed by atoms with Crippen LogP contribution >= 0.6 is 11.3 Å². The lowest BCUT2D eigenvalue weighted by atomic mass is 9.82. The molecule has 1 rings (SSSR count). The number of nitrogens with one attached hydrogen (secondary N) is 1. The molecule has 2 atom stereocenters. The predicted molar refractivity (Wildman–Crippen MR) is 88.1 cm³/mol. The van der Waals surface area contributed by atoms with E-state index in [1.807, 2.05) is 11.3 Å². The monoisotopic (exact) mass is 281 g/mol. The largest absolute Gasteiger partial charge is 0.310 e. The lowest BCUT2D eigenvalue weighted by molar-refractivity contribution is 0.276. The van der Waals surface area contributed by atoms with E-state index in [0.717, 1.165) is 12.5 Å². The highest BCUT2D eigenvalue weighted by atomic mass is 32.1. The molecule has 0 spiro atoms. The molecule has 0 amide bonds. The Morgan fingerprint density at radius 1 is 1.26 bits per heavy atom. The van der Waals surface area contributed by atoms with Crippen LogP contribution in [-0.2, 0) is 0 Å². The summed E-state index contributed by atoms with van der Waals surface area (Å²) in [4.78, 5) is 2.91. The van der Waals surface area contributed by atoms with Crippen LogP contribution in [0.3, 0.4) is 0 Å². The summed E-state index contributed by atoms with van der Waals surface area (Å²) in [5.74, 6) is 0.753. The molecule has 0 fully saturated rings. The fourth-order valence-electron chi connectivity index (χ4n) is 3.09. The molecule has 19 heavy (non-hydrogen) atoms. The number of aryl methyl sites for hydroxylation is 2. The second kappa shape index (κ2) is 6.90. The van der Waals surface area contributed by atoms with Crippen molar-refractivity contribution in [1.29, 1.82) is 0 Å². The van der Waals surface area contributed by atoms with Gasteiger partial charge in [-0.05, 0) is 56.2 Å². The van der Waals surface area contributed by atoms with Gasteiger partial charge in [-0.1, -0.05) is 34.6 Å². The molecular weight excluding hydrogens is 250 g/mol. The quantitative estimate of drug-likeness (QED) is 0.728. The van der Waals surface area contributed by atoms with E-state index in [9.17, 15) is 0 Å². The lowest BCUT2D eigenvalue weighted by Crippen LogP contribution is -2.24. The average molecular weight is 282 g/mol. The zero-order chi connectivity index (χ0) is 14.6. The van der Waals surface area contributed by atoms with Gasteiger partial charge in [-0.15, -0.1) is 11.3 Å². The molecule has 0 saturated carbocycles. The number of thiophene rings is 1. The molecular formula is C17H31NS. The first kappa shape index (κ1) is 16.7. The third-order valence-corrected chi connectivity index (χ3v) is 4.49. The van der Waals surface area contributed by atoms with E-state index in [2.05, 4.69) is 59.8 Å². The Hall–Kier alpha value is -0.340. The van der Waals surface area contributed by atoms with Crippen molar-refractivity contribution in [3.8, 4) is 0 Å². The van der Waals surface area contributed by atoms with Gasteiger partial charge in [0.25, 0.3) is 0 Å². The Balaban J connectivity index is 2.76. The molecule has 0 aliphatic heterocycles. The second-order valence-electron chi connectivity index (χ2n) is 7.08. The van der Waals surface area contributed by atoms with Gasteiger partial charge in [-0.25, -0.2) is 0 Å². The van der Waals surface area contributed by atoms with E-state index in [1.54, 1.807) is 0 Å². The first-order valence-electron chi connectivity index (χ1n) is 7.53. The fraction of sp³-hybridized carbons (Fsp3) is 0.765. The number of rotatable bonds is 6. The van der Waals surface area contributed by atoms with Gasteiger partial charge in [-0.3, -0.25) is 0 Å². The van der Waals surface area contributed by atoms with E-state index < -0.39 is 0 Å². The van der Waals surface area contributed by atoms with Crippen LogP contribution in [-0.4, -0.2) is 6.54 Å². The number of hydrogen-bond acceptors (Lipinski definition) is 2. The molecule has 1 heterocycles. The second-order valence-corrected chi connectivity index (χ2v) is 8.54. The summed E-state index contributed by atoms with van der Waals surface area (Å²) in [6.45, 7) is 17.1. The third-order valence-electron chi connectivity index (χ3n) is 3.50. The van der Waals surface area contributed by atoms with Gasteiger partial charge in [0.05, 0.1) is 0 Å². The Labute approximate surface area is 123 Å². The average Bonchev–Trinajstić information content (AvgIpc) is 2.54. The van der Waals surface area contributed by atoms with Crippen LogP contribution in [0.5, 0.6) is 0 Å². The summed E-state index contributed by atoms with van der Waals surface area (Å²) in [5.41, 5.74) is 1.94. The standard InChI is InChI=1S/C17H31NS/c1-8-18-16(9-12(2)11-17(5,6)7)15-10-13(3)19-14(15)4/h10,12,16,18H,8-9,11H2,1-7H3. The minimum absolute atomic E-state index is 0.426. The highest BCUT2D eigenvalue weighted by Crippen LogP contribution is 2.33. The van der Waals surface area contributed by atoms with Crippen molar-refractivity contribution in [3.05, 3.63) is 21.4 Å². The summed E-state index contributed by atoms with van der Waals surface area (Å²) < 4.78 is 0. The van der Waals surface area contributed by atoms with Gasteiger partial charge in [0.2, 0.25) is 0 Å². The highest BCUT2D eigenvalue weighted by molar-refractivity contribution is 7.12. The molecule has 0 bridgehead atoms. The van der Waals surface area contributed by atoms with Gasteiger partial charge in [0.15, 0.2) is 0 Å². The molecule has 1 N–H and O–H groups in total. The van der Waals surface area contributed by atoms with Crippen LogP contribution in [0.4, 0.5) is 0 Å². The molecule has 110 valence electrons. The van der Waals surface area contributed by atoms with Crippen molar-refractivity contribution in [2.45, 2.75) is 67.3 Å². The highest BCUT2D eigenvalue weighted by Gasteiger charge is 2.21. The van der Waals surface area contributed by atoms with Crippen molar-refractivity contribution in [2.75, 3.05) is 6.54 Å². The maximum Gasteiger partial charge on any atom is 0.0333 e. The maximum absolute atomic E-state index is 3.68. The zero-order valence-electron chi connectivity index (χ0n) is 13.8. The normalized spacial score (nSPS) is 15.5. The maximum atomic E-state index is 3.68. The van der Waals surface area contributed by atoms with Crippen LogP contribution in [0.1, 0.15) is 68.8 Å². The summed E-state index contributed by atoms with van der Waals surface area (Å²) in [6.07, 6.45) is 2.53. The first-order valence-corrected chi connectivity index (χ1v) is 8.35. The van der Waals surface area contributed by atoms with Crippen LogP contribution in [0.2, 0.25) is 0 Å². The molecule has 1 nitrogen and oxygen atoms in total. The molecule has 2 unspecified atom stereocenters. The molecule has 0 aromatic carbocycles. The van der Waals surface area contributed by atoms with E-state index in [0.29, 0.717) is 11.5 Å². The Kier molecular flexibility index (Phi) is 6.07. The van der Waals surface area contributed by atoms with Crippen LogP contribution in [0.25, 0.3) is 0 Å². The van der Waals surface area contributed by atoms with Crippen molar-refractivity contribution in [3.63, 3.8) is 0 Å². The minimum Gasteiger partial charge on any atom is -0.310 e. The molecule has 0 saturated heterocycles. The summed E-state index contributed by atoms with van der Waals surface area (Å²) in [6, 6.07) is 2.89. The molecule has 2 heteroatoms. The van der Waals surface area contributed by atoms with E-state index in [-0.39, 0.29) is 0 Å². The van der Waals surface area contributed by atoms with Crippen molar-refractivity contribution >= 4 is 11.3 Å². The molecule has 0 aliphatic rings. The fourth-order valence-corrected chi connectivity index (χ4v) is 4.08. The lowest BCUT2D eigenvalue weighted by Gasteiger charge is -2.27. The Morgan fingerprint density at radius 3 is 2.32 bits per heavy atom. The topological polar surface area (TPSA) is 12.0 Å². The minimum atomic E-state index is 0.426. The van der Waals surface area contributed by atoms with Crippen LogP contribution in [0.15, 0.2) is 6.07 Å². The van der Waals surface area contributed by atoms with Crippen molar-refractivity contribution in [1.82, 2.24) is 5.32 Å². The molecule has 0 aliphatic carbocycles. The van der Waals surface area contributed by atoms with E-state index in [1.165, 1.54) is 28.2 Å². The summed E-state index contributed by atoms with van der Waals surface area (Å²) >= 11 is 1.92.